The normalized spacial score (nSPS) is 12.9. The summed E-state index contributed by atoms with van der Waals surface area (Å²) >= 11 is 6.24. The van der Waals surface area contributed by atoms with Crippen LogP contribution < -0.4 is 10.2 Å². The molecule has 0 aliphatic rings. The van der Waals surface area contributed by atoms with Crippen molar-refractivity contribution in [1.29, 1.82) is 0 Å². The van der Waals surface area contributed by atoms with Crippen LogP contribution in [0.25, 0.3) is 0 Å². The van der Waals surface area contributed by atoms with Gasteiger partial charge in [0.1, 0.15) is 0 Å². The van der Waals surface area contributed by atoms with Crippen LogP contribution >= 0.6 is 11.1 Å². The fraction of sp³-hybridized carbons (Fsp3) is 0.333. The first-order valence-corrected chi connectivity index (χ1v) is 7.08. The van der Waals surface area contributed by atoms with Gasteiger partial charge in [-0.25, -0.2) is 0 Å². The molecule has 1 N–H and O–H groups in total. The fourth-order valence-corrected chi connectivity index (χ4v) is 3.71. The lowest BCUT2D eigenvalue weighted by atomic mass is 10.2. The first-order valence-electron chi connectivity index (χ1n) is 4.18. The molecule has 0 aliphatic heterocycles. The molecule has 1 rings (SSSR count). The molecule has 66 valence electrons. The molecule has 0 saturated carbocycles. The Kier molecular flexibility index (Phi) is 3.79. The van der Waals surface area contributed by atoms with Crippen LogP contribution in [0.5, 0.6) is 0 Å². The highest BCUT2D eigenvalue weighted by Crippen LogP contribution is 1.96. The zero-order valence-electron chi connectivity index (χ0n) is 7.47. The third-order valence-electron chi connectivity index (χ3n) is 1.84. The molecule has 0 bridgehead atoms. The van der Waals surface area contributed by atoms with E-state index in [1.807, 2.05) is 12.1 Å². The van der Waals surface area contributed by atoms with Gasteiger partial charge in [0.2, 0.25) is 8.27 Å². The van der Waals surface area contributed by atoms with Gasteiger partial charge >= 0.3 is 0 Å². The molecular weight excluding hydrogens is 186 g/mol. The lowest BCUT2D eigenvalue weighted by Gasteiger charge is -2.10. The van der Waals surface area contributed by atoms with E-state index in [9.17, 15) is 0 Å². The first kappa shape index (κ1) is 9.77. The highest BCUT2D eigenvalue weighted by atomic mass is 35.6. The Morgan fingerprint density at radius 3 is 2.67 bits per heavy atom. The average molecular weight is 200 g/mol. The second-order valence-corrected chi connectivity index (χ2v) is 5.84. The van der Waals surface area contributed by atoms with Crippen LogP contribution in [0.1, 0.15) is 12.5 Å². The van der Waals surface area contributed by atoms with Crippen molar-refractivity contribution in [2.24, 2.45) is 0 Å². The summed E-state index contributed by atoms with van der Waals surface area (Å²) in [7, 11) is -1.38. The van der Waals surface area contributed by atoms with Gasteiger partial charge in [0.25, 0.3) is 0 Å². The smallest absolute Gasteiger partial charge is 0.242 e. The summed E-state index contributed by atoms with van der Waals surface area (Å²) in [6.45, 7) is 5.14. The monoisotopic (exact) mass is 199 g/mol. The number of benzene rings is 1. The van der Waals surface area contributed by atoms with Gasteiger partial charge in [0.15, 0.2) is 0 Å². The molecule has 0 amide bonds. The van der Waals surface area contributed by atoms with Gasteiger partial charge < -0.3 is 4.98 Å². The second kappa shape index (κ2) is 4.65. The summed E-state index contributed by atoms with van der Waals surface area (Å²) in [6, 6.07) is 8.31. The van der Waals surface area contributed by atoms with Crippen LogP contribution in [0, 0.1) is 6.92 Å². The maximum absolute atomic E-state index is 6.24. The van der Waals surface area contributed by atoms with E-state index in [0.29, 0.717) is 0 Å². The number of aryl methyl sites for hydroxylation is 1. The summed E-state index contributed by atoms with van der Waals surface area (Å²) in [5.41, 5.74) is 1.30. The van der Waals surface area contributed by atoms with E-state index in [-0.39, 0.29) is 0 Å². The molecule has 0 saturated heterocycles. The Morgan fingerprint density at radius 2 is 2.08 bits per heavy atom. The highest BCUT2D eigenvalue weighted by molar-refractivity contribution is 7.13. The molecule has 0 aliphatic carbocycles. The molecule has 0 spiro atoms. The molecule has 1 atom stereocenters. The Balaban J connectivity index is 2.79. The molecule has 0 aromatic heterocycles. The lowest BCUT2D eigenvalue weighted by molar-refractivity contribution is 1.00. The molecule has 0 radical (unpaired) electrons. The third-order valence-corrected chi connectivity index (χ3v) is 4.97. The number of hydrogen-bond acceptors (Lipinski definition) is 1. The minimum absolute atomic E-state index is 0.953. The zero-order valence-corrected chi connectivity index (χ0v) is 9.38. The van der Waals surface area contributed by atoms with Gasteiger partial charge in [-0.3, -0.25) is 0 Å². The summed E-state index contributed by atoms with van der Waals surface area (Å²) in [5.74, 6) is 0. The highest BCUT2D eigenvalue weighted by Gasteiger charge is 2.09. The second-order valence-electron chi connectivity index (χ2n) is 2.78. The van der Waals surface area contributed by atoms with Gasteiger partial charge in [0, 0.05) is 0 Å². The summed E-state index contributed by atoms with van der Waals surface area (Å²) in [5, 5.41) is 1.31. The predicted molar refractivity (Wildman–Crippen MR) is 57.5 cm³/mol. The van der Waals surface area contributed by atoms with Gasteiger partial charge in [0.05, 0.1) is 0 Å². The quantitative estimate of drug-likeness (QED) is 0.571. The SMILES string of the molecule is CCN[SiH](Cl)c1ccccc1C. The van der Waals surface area contributed by atoms with Crippen molar-refractivity contribution in [3.63, 3.8) is 0 Å². The standard InChI is InChI=1S/C9H14ClNSi/c1-3-11-12(10)9-7-5-4-6-8(9)2/h4-7,11-12H,3H2,1-2H3. The van der Waals surface area contributed by atoms with Gasteiger partial charge in [-0.2, -0.15) is 0 Å². The van der Waals surface area contributed by atoms with Crippen LogP contribution in [-0.4, -0.2) is 14.8 Å². The maximum atomic E-state index is 6.24. The topological polar surface area (TPSA) is 12.0 Å². The van der Waals surface area contributed by atoms with Crippen molar-refractivity contribution in [1.82, 2.24) is 4.98 Å². The summed E-state index contributed by atoms with van der Waals surface area (Å²) in [6.07, 6.45) is 0. The van der Waals surface area contributed by atoms with Crippen molar-refractivity contribution in [2.75, 3.05) is 6.54 Å². The Morgan fingerprint density at radius 1 is 1.42 bits per heavy atom. The van der Waals surface area contributed by atoms with Crippen molar-refractivity contribution in [3.05, 3.63) is 29.8 Å². The lowest BCUT2D eigenvalue weighted by Crippen LogP contribution is -2.41. The van der Waals surface area contributed by atoms with Crippen molar-refractivity contribution in [2.45, 2.75) is 13.8 Å². The third kappa shape index (κ3) is 2.34. The van der Waals surface area contributed by atoms with E-state index in [4.69, 9.17) is 11.1 Å². The van der Waals surface area contributed by atoms with Crippen LogP contribution in [0.3, 0.4) is 0 Å². The van der Waals surface area contributed by atoms with E-state index < -0.39 is 8.27 Å². The molecule has 3 heteroatoms. The maximum Gasteiger partial charge on any atom is 0.242 e. The average Bonchev–Trinajstić information content (AvgIpc) is 2.05. The van der Waals surface area contributed by atoms with Crippen molar-refractivity contribution in [3.8, 4) is 0 Å². The molecule has 1 aromatic rings. The van der Waals surface area contributed by atoms with Gasteiger partial charge in [-0.1, -0.05) is 31.2 Å². The Hall–Kier alpha value is -0.313. The van der Waals surface area contributed by atoms with Crippen molar-refractivity contribution >= 4 is 24.5 Å². The van der Waals surface area contributed by atoms with E-state index in [2.05, 4.69) is 31.0 Å². The first-order chi connectivity index (χ1) is 5.75. The van der Waals surface area contributed by atoms with E-state index in [0.717, 1.165) is 6.54 Å². The zero-order chi connectivity index (χ0) is 8.97. The summed E-state index contributed by atoms with van der Waals surface area (Å²) < 4.78 is 0. The number of halogens is 1. The number of hydrogen-bond donors (Lipinski definition) is 1. The molecule has 1 nitrogen and oxygen atoms in total. The Labute approximate surface area is 80.1 Å². The molecule has 1 unspecified atom stereocenters. The van der Waals surface area contributed by atoms with Crippen LogP contribution in [0.15, 0.2) is 24.3 Å². The molecule has 1 aromatic carbocycles. The van der Waals surface area contributed by atoms with E-state index in [1.165, 1.54) is 10.8 Å². The van der Waals surface area contributed by atoms with E-state index >= 15 is 0 Å². The minimum atomic E-state index is -1.38. The fourth-order valence-electron chi connectivity index (χ4n) is 1.16. The molecule has 0 fully saturated rings. The van der Waals surface area contributed by atoms with Crippen molar-refractivity contribution < 1.29 is 0 Å². The number of rotatable bonds is 3. The van der Waals surface area contributed by atoms with Crippen LogP contribution in [-0.2, 0) is 0 Å². The Bertz CT molecular complexity index is 252. The predicted octanol–water partition coefficient (Wildman–Crippen LogP) is 1.27. The molecule has 12 heavy (non-hydrogen) atoms. The van der Waals surface area contributed by atoms with Gasteiger partial charge in [-0.05, 0) is 24.2 Å². The van der Waals surface area contributed by atoms with E-state index in [1.54, 1.807) is 0 Å². The van der Waals surface area contributed by atoms with Gasteiger partial charge in [-0.15, -0.1) is 11.1 Å². The van der Waals surface area contributed by atoms with Crippen LogP contribution in [0.4, 0.5) is 0 Å². The number of nitrogens with one attached hydrogen (secondary N) is 1. The van der Waals surface area contributed by atoms with Crippen LogP contribution in [0.2, 0.25) is 0 Å². The summed E-state index contributed by atoms with van der Waals surface area (Å²) in [4.78, 5) is 3.31. The molecular formula is C9H14ClNSi. The molecule has 0 heterocycles. The minimum Gasteiger partial charge on any atom is -0.325 e. The largest absolute Gasteiger partial charge is 0.325 e.